The number of amides is 1. The second kappa shape index (κ2) is 6.90. The number of halogens is 1. The first-order chi connectivity index (χ1) is 10.1. The van der Waals surface area contributed by atoms with E-state index in [-0.39, 0.29) is 12.5 Å². The molecule has 108 valence electrons. The number of carbonyl (C=O) groups is 2. The monoisotopic (exact) mass is 303 g/mol. The lowest BCUT2D eigenvalue weighted by molar-refractivity contribution is -0.118. The Balaban J connectivity index is 1.90. The molecule has 1 N–H and O–H groups in total. The first kappa shape index (κ1) is 15.1. The van der Waals surface area contributed by atoms with Gasteiger partial charge in [0.25, 0.3) is 5.91 Å². The van der Waals surface area contributed by atoms with E-state index in [9.17, 15) is 9.59 Å². The number of anilines is 1. The molecule has 5 heteroatoms. The molecule has 0 saturated heterocycles. The van der Waals surface area contributed by atoms with Crippen LogP contribution in [0.5, 0.6) is 5.75 Å². The van der Waals surface area contributed by atoms with E-state index in [0.717, 1.165) is 11.8 Å². The minimum atomic E-state index is -0.305. The summed E-state index contributed by atoms with van der Waals surface area (Å²) in [7, 11) is 0. The highest BCUT2D eigenvalue weighted by Crippen LogP contribution is 2.22. The van der Waals surface area contributed by atoms with Crippen molar-refractivity contribution in [3.63, 3.8) is 0 Å². The molecule has 21 heavy (non-hydrogen) atoms. The molecular weight excluding hydrogens is 290 g/mol. The maximum absolute atomic E-state index is 11.8. The van der Waals surface area contributed by atoms with Gasteiger partial charge in [0.05, 0.1) is 10.7 Å². The Kier molecular flexibility index (Phi) is 4.95. The van der Waals surface area contributed by atoms with Crippen molar-refractivity contribution in [2.45, 2.75) is 6.92 Å². The van der Waals surface area contributed by atoms with Crippen molar-refractivity contribution in [3.8, 4) is 5.75 Å². The van der Waals surface area contributed by atoms with E-state index >= 15 is 0 Å². The minimum Gasteiger partial charge on any atom is -0.484 e. The first-order valence-electron chi connectivity index (χ1n) is 6.32. The molecule has 0 unspecified atom stereocenters. The van der Waals surface area contributed by atoms with Crippen LogP contribution in [0.25, 0.3) is 0 Å². The average Bonchev–Trinajstić information content (AvgIpc) is 2.48. The van der Waals surface area contributed by atoms with Gasteiger partial charge in [0.15, 0.2) is 6.61 Å². The fourth-order valence-corrected chi connectivity index (χ4v) is 1.98. The molecule has 0 atom stereocenters. The molecule has 0 aliphatic heterocycles. The lowest BCUT2D eigenvalue weighted by atomic mass is 10.2. The topological polar surface area (TPSA) is 55.4 Å². The molecule has 2 aromatic rings. The molecule has 0 aliphatic rings. The highest BCUT2D eigenvalue weighted by atomic mass is 35.5. The smallest absolute Gasteiger partial charge is 0.262 e. The van der Waals surface area contributed by atoms with Gasteiger partial charge in [-0.15, -0.1) is 0 Å². The molecule has 1 amide bonds. The van der Waals surface area contributed by atoms with Gasteiger partial charge in [-0.2, -0.15) is 0 Å². The van der Waals surface area contributed by atoms with Crippen LogP contribution in [0, 0.1) is 6.92 Å². The Labute approximate surface area is 127 Å². The van der Waals surface area contributed by atoms with E-state index < -0.39 is 0 Å². The number of carbonyl (C=O) groups excluding carboxylic acids is 2. The zero-order chi connectivity index (χ0) is 15.2. The third-order valence-electron chi connectivity index (χ3n) is 2.78. The van der Waals surface area contributed by atoms with Gasteiger partial charge in [-0.05, 0) is 48.9 Å². The van der Waals surface area contributed by atoms with Crippen molar-refractivity contribution >= 4 is 29.5 Å². The summed E-state index contributed by atoms with van der Waals surface area (Å²) in [4.78, 5) is 22.3. The van der Waals surface area contributed by atoms with Crippen LogP contribution >= 0.6 is 11.6 Å². The standard InChI is InChI=1S/C16H14ClNO3/c1-11-2-7-15(14(17)8-11)18-16(20)10-21-13-5-3-12(9-19)4-6-13/h2-9H,10H2,1H3,(H,18,20). The Morgan fingerprint density at radius 1 is 1.24 bits per heavy atom. The van der Waals surface area contributed by atoms with Crippen molar-refractivity contribution in [1.82, 2.24) is 0 Å². The third kappa shape index (κ3) is 4.33. The van der Waals surface area contributed by atoms with Crippen LogP contribution in [0.2, 0.25) is 5.02 Å². The summed E-state index contributed by atoms with van der Waals surface area (Å²) in [6.07, 6.45) is 0.746. The van der Waals surface area contributed by atoms with E-state index in [1.807, 2.05) is 13.0 Å². The van der Waals surface area contributed by atoms with E-state index in [2.05, 4.69) is 5.32 Å². The Bertz CT molecular complexity index is 653. The van der Waals surface area contributed by atoms with Crippen molar-refractivity contribution in [2.75, 3.05) is 11.9 Å². The molecule has 0 saturated carbocycles. The number of nitrogens with one attached hydrogen (secondary N) is 1. The summed E-state index contributed by atoms with van der Waals surface area (Å²) in [5.41, 5.74) is 2.12. The van der Waals surface area contributed by atoms with Crippen LogP contribution in [0.15, 0.2) is 42.5 Å². The maximum Gasteiger partial charge on any atom is 0.262 e. The SMILES string of the molecule is Cc1ccc(NC(=O)COc2ccc(C=O)cc2)c(Cl)c1. The van der Waals surface area contributed by atoms with Crippen molar-refractivity contribution < 1.29 is 14.3 Å². The number of aldehydes is 1. The van der Waals surface area contributed by atoms with Gasteiger partial charge in [-0.1, -0.05) is 17.7 Å². The normalized spacial score (nSPS) is 10.0. The van der Waals surface area contributed by atoms with Gasteiger partial charge in [-0.3, -0.25) is 9.59 Å². The summed E-state index contributed by atoms with van der Waals surface area (Å²) < 4.78 is 5.33. The summed E-state index contributed by atoms with van der Waals surface area (Å²) >= 11 is 6.04. The minimum absolute atomic E-state index is 0.134. The predicted octanol–water partition coefficient (Wildman–Crippen LogP) is 3.48. The molecule has 0 fully saturated rings. The quantitative estimate of drug-likeness (QED) is 0.860. The number of hydrogen-bond donors (Lipinski definition) is 1. The molecule has 2 aromatic carbocycles. The molecule has 2 rings (SSSR count). The van der Waals surface area contributed by atoms with E-state index in [4.69, 9.17) is 16.3 Å². The van der Waals surface area contributed by atoms with E-state index in [1.54, 1.807) is 36.4 Å². The van der Waals surface area contributed by atoms with Gasteiger partial charge < -0.3 is 10.1 Å². The molecule has 4 nitrogen and oxygen atoms in total. The maximum atomic E-state index is 11.8. The number of hydrogen-bond acceptors (Lipinski definition) is 3. The van der Waals surface area contributed by atoms with Crippen molar-refractivity contribution in [1.29, 1.82) is 0 Å². The van der Waals surface area contributed by atoms with Gasteiger partial charge in [-0.25, -0.2) is 0 Å². The second-order valence-corrected chi connectivity index (χ2v) is 4.91. The highest BCUT2D eigenvalue weighted by molar-refractivity contribution is 6.33. The van der Waals surface area contributed by atoms with E-state index in [1.165, 1.54) is 0 Å². The number of ether oxygens (including phenoxy) is 1. The molecule has 0 aliphatic carbocycles. The van der Waals surface area contributed by atoms with Crippen LogP contribution in [0.1, 0.15) is 15.9 Å². The second-order valence-electron chi connectivity index (χ2n) is 4.51. The highest BCUT2D eigenvalue weighted by Gasteiger charge is 2.07. The predicted molar refractivity (Wildman–Crippen MR) is 82.1 cm³/mol. The largest absolute Gasteiger partial charge is 0.484 e. The van der Waals surface area contributed by atoms with Crippen LogP contribution in [0.4, 0.5) is 5.69 Å². The lowest BCUT2D eigenvalue weighted by Gasteiger charge is -2.09. The number of rotatable bonds is 5. The molecule has 0 bridgehead atoms. The van der Waals surface area contributed by atoms with Crippen molar-refractivity contribution in [2.24, 2.45) is 0 Å². The number of benzene rings is 2. The Morgan fingerprint density at radius 3 is 2.57 bits per heavy atom. The van der Waals surface area contributed by atoms with Gasteiger partial charge in [0, 0.05) is 5.56 Å². The summed E-state index contributed by atoms with van der Waals surface area (Å²) in [5, 5.41) is 3.16. The van der Waals surface area contributed by atoms with Crippen LogP contribution in [-0.4, -0.2) is 18.8 Å². The Morgan fingerprint density at radius 2 is 1.95 bits per heavy atom. The molecule has 0 heterocycles. The average molecular weight is 304 g/mol. The van der Waals surface area contributed by atoms with Crippen LogP contribution < -0.4 is 10.1 Å². The number of aryl methyl sites for hydroxylation is 1. The molecule has 0 aromatic heterocycles. The molecule has 0 radical (unpaired) electrons. The first-order valence-corrected chi connectivity index (χ1v) is 6.70. The fraction of sp³-hybridized carbons (Fsp3) is 0.125. The van der Waals surface area contributed by atoms with E-state index in [0.29, 0.717) is 22.0 Å². The summed E-state index contributed by atoms with van der Waals surface area (Å²) in [6, 6.07) is 11.9. The zero-order valence-electron chi connectivity index (χ0n) is 11.4. The summed E-state index contributed by atoms with van der Waals surface area (Å²) in [6.45, 7) is 1.79. The van der Waals surface area contributed by atoms with Gasteiger partial charge >= 0.3 is 0 Å². The molecule has 0 spiro atoms. The third-order valence-corrected chi connectivity index (χ3v) is 3.10. The van der Waals surface area contributed by atoms with Crippen molar-refractivity contribution in [3.05, 3.63) is 58.6 Å². The van der Waals surface area contributed by atoms with Gasteiger partial charge in [0.1, 0.15) is 12.0 Å². The van der Waals surface area contributed by atoms with Crippen LogP contribution in [0.3, 0.4) is 0 Å². The van der Waals surface area contributed by atoms with Crippen LogP contribution in [-0.2, 0) is 4.79 Å². The summed E-state index contributed by atoms with van der Waals surface area (Å²) in [5.74, 6) is 0.214. The van der Waals surface area contributed by atoms with Gasteiger partial charge in [0.2, 0.25) is 0 Å². The fourth-order valence-electron chi connectivity index (χ4n) is 1.70. The zero-order valence-corrected chi connectivity index (χ0v) is 12.2. The Hall–Kier alpha value is -2.33. The lowest BCUT2D eigenvalue weighted by Crippen LogP contribution is -2.20. The molecular formula is C16H14ClNO3.